The summed E-state index contributed by atoms with van der Waals surface area (Å²) in [6, 6.07) is 0. The minimum atomic E-state index is -1.50. The Hall–Kier alpha value is -0.570. The Labute approximate surface area is 163 Å². The summed E-state index contributed by atoms with van der Waals surface area (Å²) in [6.45, 7) is 4.44. The van der Waals surface area contributed by atoms with Gasteiger partial charge in [-0.3, -0.25) is 0 Å². The highest BCUT2D eigenvalue weighted by atomic mass is 16.4. The Morgan fingerprint density at radius 1 is 0.577 bits per heavy atom. The van der Waals surface area contributed by atoms with Crippen molar-refractivity contribution in [3.05, 3.63) is 0 Å². The molecule has 0 aromatic rings. The maximum Gasteiger partial charge on any atom is 0.335 e. The van der Waals surface area contributed by atoms with Crippen LogP contribution >= 0.6 is 0 Å². The van der Waals surface area contributed by atoms with Gasteiger partial charge in [0.1, 0.15) is 0 Å². The molecule has 0 fully saturated rings. The van der Waals surface area contributed by atoms with Crippen LogP contribution in [0, 0.1) is 0 Å². The molecule has 0 aliphatic heterocycles. The lowest BCUT2D eigenvalue weighted by atomic mass is 9.89. The Bertz CT molecular complexity index is 317. The van der Waals surface area contributed by atoms with E-state index >= 15 is 0 Å². The second-order valence-electron chi connectivity index (χ2n) is 8.14. The Kier molecular flexibility index (Phi) is 17.4. The maximum atomic E-state index is 11.5. The van der Waals surface area contributed by atoms with E-state index in [1.807, 2.05) is 0 Å². The lowest BCUT2D eigenvalue weighted by Gasteiger charge is -2.23. The highest BCUT2D eigenvalue weighted by Crippen LogP contribution is 2.24. The molecule has 26 heavy (non-hydrogen) atoms. The molecule has 0 spiro atoms. The van der Waals surface area contributed by atoms with Crippen molar-refractivity contribution in [3.8, 4) is 0 Å². The molecule has 0 aromatic carbocycles. The van der Waals surface area contributed by atoms with Crippen LogP contribution in [0.1, 0.15) is 136 Å². The van der Waals surface area contributed by atoms with Crippen LogP contribution in [0.15, 0.2) is 0 Å². The van der Waals surface area contributed by atoms with Crippen molar-refractivity contribution in [2.75, 3.05) is 0 Å². The van der Waals surface area contributed by atoms with Gasteiger partial charge < -0.3 is 10.2 Å². The van der Waals surface area contributed by atoms with Crippen molar-refractivity contribution in [3.63, 3.8) is 0 Å². The molecule has 1 unspecified atom stereocenters. The fourth-order valence-electron chi connectivity index (χ4n) is 3.62. The summed E-state index contributed by atoms with van der Waals surface area (Å²) in [5, 5.41) is 19.8. The largest absolute Gasteiger partial charge is 0.479 e. The van der Waals surface area contributed by atoms with E-state index in [-0.39, 0.29) is 0 Å². The zero-order valence-electron chi connectivity index (χ0n) is 17.7. The second-order valence-corrected chi connectivity index (χ2v) is 8.14. The van der Waals surface area contributed by atoms with Crippen molar-refractivity contribution in [2.45, 2.75) is 141 Å². The average molecular weight is 371 g/mol. The molecular formula is C23H46O3. The molecule has 156 valence electrons. The molecular weight excluding hydrogens is 324 g/mol. The van der Waals surface area contributed by atoms with E-state index in [1.165, 1.54) is 77.0 Å². The zero-order chi connectivity index (χ0) is 19.5. The monoisotopic (exact) mass is 370 g/mol. The van der Waals surface area contributed by atoms with Gasteiger partial charge in [-0.15, -0.1) is 0 Å². The van der Waals surface area contributed by atoms with E-state index in [0.717, 1.165) is 32.1 Å². The van der Waals surface area contributed by atoms with Gasteiger partial charge in [-0.05, 0) is 25.7 Å². The molecule has 0 rings (SSSR count). The SMILES string of the molecule is CCCCCCCCCCCCCC(O)(CCCCCCCC)C(=O)O. The van der Waals surface area contributed by atoms with Crippen LogP contribution in [0.4, 0.5) is 0 Å². The van der Waals surface area contributed by atoms with E-state index in [0.29, 0.717) is 12.8 Å². The molecule has 3 heteroatoms. The first-order chi connectivity index (χ1) is 12.6. The van der Waals surface area contributed by atoms with E-state index < -0.39 is 11.6 Å². The lowest BCUT2D eigenvalue weighted by molar-refractivity contribution is -0.160. The molecule has 0 aromatic heterocycles. The van der Waals surface area contributed by atoms with Gasteiger partial charge in [0.2, 0.25) is 0 Å². The van der Waals surface area contributed by atoms with Gasteiger partial charge >= 0.3 is 5.97 Å². The Balaban J connectivity index is 3.65. The highest BCUT2D eigenvalue weighted by molar-refractivity contribution is 5.76. The smallest absolute Gasteiger partial charge is 0.335 e. The number of unbranched alkanes of at least 4 members (excludes halogenated alkanes) is 15. The minimum Gasteiger partial charge on any atom is -0.479 e. The van der Waals surface area contributed by atoms with Crippen molar-refractivity contribution in [2.24, 2.45) is 0 Å². The summed E-state index contributed by atoms with van der Waals surface area (Å²) in [7, 11) is 0. The number of carboxylic acids is 1. The van der Waals surface area contributed by atoms with Crippen LogP contribution in [0.5, 0.6) is 0 Å². The fraction of sp³-hybridized carbons (Fsp3) is 0.957. The number of hydrogen-bond acceptors (Lipinski definition) is 2. The highest BCUT2D eigenvalue weighted by Gasteiger charge is 2.34. The third-order valence-corrected chi connectivity index (χ3v) is 5.54. The first kappa shape index (κ1) is 25.4. The molecule has 0 saturated carbocycles. The molecule has 0 saturated heterocycles. The van der Waals surface area contributed by atoms with Crippen LogP contribution in [-0.2, 0) is 4.79 Å². The Morgan fingerprint density at radius 3 is 1.12 bits per heavy atom. The first-order valence-corrected chi connectivity index (χ1v) is 11.5. The molecule has 0 aliphatic carbocycles. The van der Waals surface area contributed by atoms with Gasteiger partial charge in [0.15, 0.2) is 5.60 Å². The quantitative estimate of drug-likeness (QED) is 0.222. The van der Waals surface area contributed by atoms with Gasteiger partial charge in [-0.2, -0.15) is 0 Å². The summed E-state index contributed by atoms with van der Waals surface area (Å²) in [4.78, 5) is 11.5. The van der Waals surface area contributed by atoms with Crippen molar-refractivity contribution in [1.82, 2.24) is 0 Å². The van der Waals surface area contributed by atoms with Gasteiger partial charge in [-0.25, -0.2) is 4.79 Å². The molecule has 0 heterocycles. The molecule has 0 bridgehead atoms. The van der Waals surface area contributed by atoms with Crippen LogP contribution in [0.3, 0.4) is 0 Å². The second kappa shape index (κ2) is 17.8. The van der Waals surface area contributed by atoms with E-state index in [1.54, 1.807) is 0 Å². The zero-order valence-corrected chi connectivity index (χ0v) is 17.7. The van der Waals surface area contributed by atoms with Crippen LogP contribution in [-0.4, -0.2) is 21.8 Å². The van der Waals surface area contributed by atoms with Gasteiger partial charge in [0.05, 0.1) is 0 Å². The first-order valence-electron chi connectivity index (χ1n) is 11.5. The summed E-state index contributed by atoms with van der Waals surface area (Å²) in [5.74, 6) is -1.03. The van der Waals surface area contributed by atoms with Crippen LogP contribution < -0.4 is 0 Å². The number of aliphatic hydroxyl groups is 1. The summed E-state index contributed by atoms with van der Waals surface area (Å²) < 4.78 is 0. The predicted octanol–water partition coefficient (Wildman–Crippen LogP) is 7.25. The predicted molar refractivity (Wildman–Crippen MR) is 112 cm³/mol. The van der Waals surface area contributed by atoms with Crippen molar-refractivity contribution < 1.29 is 15.0 Å². The van der Waals surface area contributed by atoms with Gasteiger partial charge in [0, 0.05) is 0 Å². The Morgan fingerprint density at radius 2 is 0.846 bits per heavy atom. The van der Waals surface area contributed by atoms with Gasteiger partial charge in [0.25, 0.3) is 0 Å². The topological polar surface area (TPSA) is 57.5 Å². The van der Waals surface area contributed by atoms with Crippen LogP contribution in [0.2, 0.25) is 0 Å². The molecule has 0 amide bonds. The molecule has 0 aliphatic rings. The normalized spacial score (nSPS) is 13.7. The van der Waals surface area contributed by atoms with E-state index in [2.05, 4.69) is 13.8 Å². The van der Waals surface area contributed by atoms with Crippen molar-refractivity contribution in [1.29, 1.82) is 0 Å². The molecule has 1 atom stereocenters. The minimum absolute atomic E-state index is 0.409. The number of rotatable bonds is 20. The standard InChI is InChI=1S/C23H46O3/c1-3-5-7-9-11-12-13-14-15-17-19-21-23(26,22(24)25)20-18-16-10-8-6-4-2/h26H,3-21H2,1-2H3,(H,24,25). The summed E-state index contributed by atoms with van der Waals surface area (Å²) >= 11 is 0. The fourth-order valence-corrected chi connectivity index (χ4v) is 3.62. The van der Waals surface area contributed by atoms with E-state index in [4.69, 9.17) is 0 Å². The van der Waals surface area contributed by atoms with Crippen molar-refractivity contribution >= 4 is 5.97 Å². The number of carbonyl (C=O) groups is 1. The molecule has 2 N–H and O–H groups in total. The molecule has 0 radical (unpaired) electrons. The van der Waals surface area contributed by atoms with Crippen LogP contribution in [0.25, 0.3) is 0 Å². The number of carboxylic acid groups (broad SMARTS) is 1. The third-order valence-electron chi connectivity index (χ3n) is 5.54. The maximum absolute atomic E-state index is 11.5. The summed E-state index contributed by atoms with van der Waals surface area (Å²) in [6.07, 6.45) is 21.2. The third kappa shape index (κ3) is 14.6. The summed E-state index contributed by atoms with van der Waals surface area (Å²) in [5.41, 5.74) is -1.50. The van der Waals surface area contributed by atoms with E-state index in [9.17, 15) is 15.0 Å². The lowest BCUT2D eigenvalue weighted by Crippen LogP contribution is -2.38. The van der Waals surface area contributed by atoms with Gasteiger partial charge in [-0.1, -0.05) is 110 Å². The number of aliphatic carboxylic acids is 1. The number of hydrogen-bond donors (Lipinski definition) is 2. The molecule has 3 nitrogen and oxygen atoms in total. The average Bonchev–Trinajstić information content (AvgIpc) is 2.62.